The third-order valence-electron chi connectivity index (χ3n) is 1.07. The summed E-state index contributed by atoms with van der Waals surface area (Å²) in [7, 11) is 0. The fraction of sp³-hybridized carbons (Fsp3) is 0.333. The molecule has 0 fully saturated rings. The van der Waals surface area contributed by atoms with E-state index in [0.717, 1.165) is 5.69 Å². The van der Waals surface area contributed by atoms with Crippen molar-refractivity contribution in [2.45, 2.75) is 6.61 Å². The van der Waals surface area contributed by atoms with Gasteiger partial charge < -0.3 is 9.72 Å². The Balaban J connectivity index is 2.29. The normalized spacial score (nSPS) is 9.55. The Bertz CT molecular complexity index is 222. The lowest BCUT2D eigenvalue weighted by Gasteiger charge is -1.98. The number of hydrogen-bond acceptors (Lipinski definition) is 4. The van der Waals surface area contributed by atoms with Crippen LogP contribution in [-0.2, 0) is 16.1 Å². The summed E-state index contributed by atoms with van der Waals surface area (Å²) in [6.07, 6.45) is 3.13. The highest BCUT2D eigenvalue weighted by Gasteiger charge is 1.99. The van der Waals surface area contributed by atoms with Gasteiger partial charge in [-0.1, -0.05) is 0 Å². The van der Waals surface area contributed by atoms with Crippen molar-refractivity contribution in [3.05, 3.63) is 18.2 Å². The van der Waals surface area contributed by atoms with E-state index in [2.05, 4.69) is 22.6 Å². The highest BCUT2D eigenvalue weighted by Crippen LogP contribution is 1.94. The summed E-state index contributed by atoms with van der Waals surface area (Å²) in [5.41, 5.74) is 0.778. The Hall–Kier alpha value is -0.970. The highest BCUT2D eigenvalue weighted by molar-refractivity contribution is 7.81. The minimum absolute atomic E-state index is 0.105. The van der Waals surface area contributed by atoms with Crippen LogP contribution in [-0.4, -0.2) is 21.7 Å². The van der Waals surface area contributed by atoms with Crippen LogP contribution >= 0.6 is 12.6 Å². The molecular formula is C6H8N2O2S. The molecule has 0 saturated heterocycles. The van der Waals surface area contributed by atoms with E-state index < -0.39 is 0 Å². The van der Waals surface area contributed by atoms with E-state index in [1.807, 2.05) is 0 Å². The van der Waals surface area contributed by atoms with Gasteiger partial charge in [-0.05, 0) is 0 Å². The van der Waals surface area contributed by atoms with Crippen LogP contribution < -0.4 is 0 Å². The predicted octanol–water partition coefficient (Wildman–Crippen LogP) is 0.383. The molecule has 0 unspecified atom stereocenters. The number of nitrogens with zero attached hydrogens (tertiary/aromatic N) is 1. The SMILES string of the molecule is O=C(CS)OCc1cnc[nH]1. The largest absolute Gasteiger partial charge is 0.459 e. The predicted molar refractivity (Wildman–Crippen MR) is 42.2 cm³/mol. The molecule has 0 amide bonds. The van der Waals surface area contributed by atoms with E-state index in [1.165, 1.54) is 6.33 Å². The molecule has 1 N–H and O–H groups in total. The topological polar surface area (TPSA) is 55.0 Å². The Morgan fingerprint density at radius 3 is 3.18 bits per heavy atom. The quantitative estimate of drug-likeness (QED) is 0.512. The zero-order valence-electron chi connectivity index (χ0n) is 5.78. The molecule has 4 nitrogen and oxygen atoms in total. The number of imidazole rings is 1. The monoisotopic (exact) mass is 172 g/mol. The van der Waals surface area contributed by atoms with Gasteiger partial charge in [-0.25, -0.2) is 4.98 Å². The molecule has 1 aromatic rings. The number of hydrogen-bond donors (Lipinski definition) is 2. The summed E-state index contributed by atoms with van der Waals surface area (Å²) < 4.78 is 4.75. The Labute approximate surface area is 69.4 Å². The number of esters is 1. The van der Waals surface area contributed by atoms with Crippen LogP contribution in [0.5, 0.6) is 0 Å². The van der Waals surface area contributed by atoms with Gasteiger partial charge in [0.15, 0.2) is 0 Å². The number of nitrogens with one attached hydrogen (secondary N) is 1. The van der Waals surface area contributed by atoms with Crippen molar-refractivity contribution in [3.63, 3.8) is 0 Å². The van der Waals surface area contributed by atoms with Crippen molar-refractivity contribution >= 4 is 18.6 Å². The Kier molecular flexibility index (Phi) is 2.97. The van der Waals surface area contributed by atoms with Crippen molar-refractivity contribution in [2.24, 2.45) is 0 Å². The number of ether oxygens (including phenoxy) is 1. The van der Waals surface area contributed by atoms with Crippen LogP contribution in [0.25, 0.3) is 0 Å². The van der Waals surface area contributed by atoms with Crippen molar-refractivity contribution in [1.82, 2.24) is 9.97 Å². The maximum atomic E-state index is 10.6. The second-order valence-electron chi connectivity index (χ2n) is 1.90. The van der Waals surface area contributed by atoms with Crippen molar-refractivity contribution in [1.29, 1.82) is 0 Å². The van der Waals surface area contributed by atoms with Gasteiger partial charge in [-0.3, -0.25) is 4.79 Å². The summed E-state index contributed by atoms with van der Waals surface area (Å²) in [5, 5.41) is 0. The fourth-order valence-electron chi connectivity index (χ4n) is 0.568. The maximum absolute atomic E-state index is 10.6. The number of H-pyrrole nitrogens is 1. The van der Waals surface area contributed by atoms with Gasteiger partial charge in [0.25, 0.3) is 0 Å². The van der Waals surface area contributed by atoms with E-state index in [9.17, 15) is 4.79 Å². The second-order valence-corrected chi connectivity index (χ2v) is 2.21. The van der Waals surface area contributed by atoms with Crippen molar-refractivity contribution < 1.29 is 9.53 Å². The van der Waals surface area contributed by atoms with E-state index in [0.29, 0.717) is 0 Å². The first-order chi connectivity index (χ1) is 5.33. The van der Waals surface area contributed by atoms with Gasteiger partial charge in [0, 0.05) is 0 Å². The average Bonchev–Trinajstić information content (AvgIpc) is 2.52. The molecular weight excluding hydrogens is 164 g/mol. The third kappa shape index (κ3) is 2.63. The summed E-state index contributed by atoms with van der Waals surface area (Å²) in [6.45, 7) is 0.236. The molecule has 0 saturated carbocycles. The minimum Gasteiger partial charge on any atom is -0.459 e. The minimum atomic E-state index is -0.331. The molecule has 5 heteroatoms. The van der Waals surface area contributed by atoms with Crippen molar-refractivity contribution in [2.75, 3.05) is 5.75 Å². The van der Waals surface area contributed by atoms with E-state index in [-0.39, 0.29) is 18.3 Å². The third-order valence-corrected chi connectivity index (χ3v) is 1.33. The van der Waals surface area contributed by atoms with E-state index in [1.54, 1.807) is 6.20 Å². The fourth-order valence-corrected chi connectivity index (χ4v) is 0.659. The number of aromatic nitrogens is 2. The molecule has 0 aliphatic heterocycles. The van der Waals surface area contributed by atoms with Crippen LogP contribution in [0.4, 0.5) is 0 Å². The first kappa shape index (κ1) is 8.13. The molecule has 0 atom stereocenters. The van der Waals surface area contributed by atoms with E-state index >= 15 is 0 Å². The zero-order chi connectivity index (χ0) is 8.10. The van der Waals surface area contributed by atoms with Crippen molar-refractivity contribution in [3.8, 4) is 0 Å². The van der Waals surface area contributed by atoms with Crippen LogP contribution in [0.2, 0.25) is 0 Å². The lowest BCUT2D eigenvalue weighted by atomic mass is 10.5. The summed E-state index contributed by atoms with van der Waals surface area (Å²) in [5.74, 6) is -0.225. The Morgan fingerprint density at radius 1 is 1.82 bits per heavy atom. The molecule has 60 valence electrons. The van der Waals surface area contributed by atoms with Gasteiger partial charge in [0.05, 0.1) is 24.0 Å². The molecule has 0 radical (unpaired) electrons. The van der Waals surface area contributed by atoms with Crippen LogP contribution in [0.15, 0.2) is 12.5 Å². The first-order valence-corrected chi connectivity index (χ1v) is 3.70. The molecule has 0 aromatic carbocycles. The molecule has 0 aliphatic rings. The van der Waals surface area contributed by atoms with Gasteiger partial charge in [0.2, 0.25) is 0 Å². The number of aromatic amines is 1. The molecule has 1 rings (SSSR count). The molecule has 0 spiro atoms. The lowest BCUT2D eigenvalue weighted by Crippen LogP contribution is -2.05. The molecule has 11 heavy (non-hydrogen) atoms. The first-order valence-electron chi connectivity index (χ1n) is 3.06. The van der Waals surface area contributed by atoms with Gasteiger partial charge in [0.1, 0.15) is 6.61 Å². The molecule has 0 aliphatic carbocycles. The van der Waals surface area contributed by atoms with Gasteiger partial charge in [-0.2, -0.15) is 12.6 Å². The molecule has 1 heterocycles. The number of carbonyl (C=O) groups is 1. The Morgan fingerprint density at radius 2 is 2.64 bits per heavy atom. The highest BCUT2D eigenvalue weighted by atomic mass is 32.1. The average molecular weight is 172 g/mol. The molecule has 1 aromatic heterocycles. The summed E-state index contributed by atoms with van der Waals surface area (Å²) >= 11 is 3.75. The van der Waals surface area contributed by atoms with Gasteiger partial charge in [-0.15, -0.1) is 0 Å². The summed E-state index contributed by atoms with van der Waals surface area (Å²) in [4.78, 5) is 17.1. The second kappa shape index (κ2) is 4.02. The van der Waals surface area contributed by atoms with Crippen LogP contribution in [0.1, 0.15) is 5.69 Å². The number of thiol groups is 1. The van der Waals surface area contributed by atoms with Gasteiger partial charge >= 0.3 is 5.97 Å². The van der Waals surface area contributed by atoms with Crippen LogP contribution in [0, 0.1) is 0 Å². The smallest absolute Gasteiger partial charge is 0.316 e. The van der Waals surface area contributed by atoms with Crippen LogP contribution in [0.3, 0.4) is 0 Å². The summed E-state index contributed by atoms with van der Waals surface area (Å²) in [6, 6.07) is 0. The standard InChI is InChI=1S/C6H8N2O2S/c9-6(3-11)10-2-5-1-7-4-8-5/h1,4,11H,2-3H2,(H,7,8). The zero-order valence-corrected chi connectivity index (χ0v) is 6.67. The molecule has 0 bridgehead atoms. The van der Waals surface area contributed by atoms with E-state index in [4.69, 9.17) is 4.74 Å². The lowest BCUT2D eigenvalue weighted by molar-refractivity contribution is -0.141. The number of rotatable bonds is 3. The number of carbonyl (C=O) groups excluding carboxylic acids is 1. The maximum Gasteiger partial charge on any atom is 0.316 e.